The highest BCUT2D eigenvalue weighted by atomic mass is 16.5. The highest BCUT2D eigenvalue weighted by Gasteiger charge is 2.22. The average Bonchev–Trinajstić information content (AvgIpc) is 3.20. The quantitative estimate of drug-likeness (QED) is 0.865. The molecule has 7 nitrogen and oxygen atoms in total. The fourth-order valence-electron chi connectivity index (χ4n) is 2.32. The molecular weight excluding hydrogens is 270 g/mol. The zero-order chi connectivity index (χ0) is 14.5. The Bertz CT molecular complexity index is 592. The minimum absolute atomic E-state index is 0.00718. The maximum Gasteiger partial charge on any atom is 0.225 e. The van der Waals surface area contributed by atoms with Gasteiger partial charge in [0, 0.05) is 44.5 Å². The predicted octanol–water partition coefficient (Wildman–Crippen LogP) is 0.493. The van der Waals surface area contributed by atoms with Gasteiger partial charge in [0.05, 0.1) is 18.7 Å². The molecule has 2 aromatic heterocycles. The molecule has 2 aromatic rings. The third-order valence-corrected chi connectivity index (χ3v) is 3.46. The second-order valence-electron chi connectivity index (χ2n) is 4.89. The summed E-state index contributed by atoms with van der Waals surface area (Å²) >= 11 is 0. The van der Waals surface area contributed by atoms with E-state index in [9.17, 15) is 4.79 Å². The lowest BCUT2D eigenvalue weighted by Crippen LogP contribution is -2.33. The van der Waals surface area contributed by atoms with Crippen LogP contribution in [0.4, 0.5) is 0 Å². The van der Waals surface area contributed by atoms with Crippen LogP contribution in [0.1, 0.15) is 6.42 Å². The van der Waals surface area contributed by atoms with E-state index in [4.69, 9.17) is 4.74 Å². The number of aromatic nitrogens is 4. The Kier molecular flexibility index (Phi) is 4.20. The van der Waals surface area contributed by atoms with Crippen LogP contribution < -0.4 is 5.32 Å². The molecule has 3 heterocycles. The summed E-state index contributed by atoms with van der Waals surface area (Å²) in [5.41, 5.74) is 0.720. The fraction of sp³-hybridized carbons (Fsp3) is 0.429. The number of ether oxygens (including phenoxy) is 1. The number of nitrogens with one attached hydrogen (secondary N) is 1. The van der Waals surface area contributed by atoms with Crippen LogP contribution in [0, 0.1) is 5.92 Å². The van der Waals surface area contributed by atoms with Gasteiger partial charge < -0.3 is 14.6 Å². The van der Waals surface area contributed by atoms with E-state index in [1.54, 1.807) is 24.8 Å². The predicted molar refractivity (Wildman–Crippen MR) is 75.2 cm³/mol. The van der Waals surface area contributed by atoms with E-state index >= 15 is 0 Å². The number of amides is 1. The van der Waals surface area contributed by atoms with E-state index in [0.29, 0.717) is 26.3 Å². The first-order valence-electron chi connectivity index (χ1n) is 6.97. The number of nitrogens with zero attached hydrogens (tertiary/aromatic N) is 4. The number of rotatable bonds is 5. The van der Waals surface area contributed by atoms with Gasteiger partial charge in [-0.3, -0.25) is 9.78 Å². The van der Waals surface area contributed by atoms with Crippen molar-refractivity contribution >= 4 is 5.91 Å². The Balaban J connectivity index is 1.56. The third kappa shape index (κ3) is 3.25. The zero-order valence-corrected chi connectivity index (χ0v) is 11.6. The molecule has 0 spiro atoms. The minimum atomic E-state index is -0.00718. The Morgan fingerprint density at radius 3 is 3.10 bits per heavy atom. The molecule has 0 radical (unpaired) electrons. The van der Waals surface area contributed by atoms with Gasteiger partial charge in [-0.05, 0) is 6.42 Å². The summed E-state index contributed by atoms with van der Waals surface area (Å²) in [6.07, 6.45) is 9.33. The van der Waals surface area contributed by atoms with Gasteiger partial charge in [0.1, 0.15) is 5.69 Å². The minimum Gasteiger partial charge on any atom is -0.381 e. The van der Waals surface area contributed by atoms with Crippen LogP contribution in [0.3, 0.4) is 0 Å². The molecule has 0 bridgehead atoms. The molecule has 7 heteroatoms. The highest BCUT2D eigenvalue weighted by molar-refractivity contribution is 5.78. The van der Waals surface area contributed by atoms with E-state index in [0.717, 1.165) is 17.9 Å². The summed E-state index contributed by atoms with van der Waals surface area (Å²) in [5.74, 6) is 0.808. The molecule has 1 amide bonds. The summed E-state index contributed by atoms with van der Waals surface area (Å²) in [4.78, 5) is 24.5. The first-order chi connectivity index (χ1) is 10.3. The van der Waals surface area contributed by atoms with Crippen LogP contribution in [0.5, 0.6) is 0 Å². The van der Waals surface area contributed by atoms with E-state index in [1.165, 1.54) is 0 Å². The number of hydrogen-bond donors (Lipinski definition) is 1. The van der Waals surface area contributed by atoms with Crippen molar-refractivity contribution in [2.24, 2.45) is 5.92 Å². The molecule has 1 saturated heterocycles. The van der Waals surface area contributed by atoms with Crippen molar-refractivity contribution in [3.63, 3.8) is 0 Å². The summed E-state index contributed by atoms with van der Waals surface area (Å²) < 4.78 is 7.17. The first-order valence-corrected chi connectivity index (χ1v) is 6.97. The van der Waals surface area contributed by atoms with Crippen LogP contribution in [-0.2, 0) is 16.1 Å². The summed E-state index contributed by atoms with van der Waals surface area (Å²) in [6.45, 7) is 2.41. The molecule has 1 aliphatic heterocycles. The SMILES string of the molecule is O=C(NCCn1ccnc1-c1cnccn1)[C@H]1CCOC1. The number of carbonyl (C=O) groups excluding carboxylic acids is 1. The van der Waals surface area contributed by atoms with Crippen molar-refractivity contribution in [2.75, 3.05) is 19.8 Å². The first kappa shape index (κ1) is 13.7. The number of hydrogen-bond acceptors (Lipinski definition) is 5. The van der Waals surface area contributed by atoms with Crippen LogP contribution in [-0.4, -0.2) is 45.2 Å². The monoisotopic (exact) mass is 287 g/mol. The Morgan fingerprint density at radius 2 is 2.33 bits per heavy atom. The van der Waals surface area contributed by atoms with Crippen molar-refractivity contribution in [2.45, 2.75) is 13.0 Å². The molecular formula is C14H17N5O2. The van der Waals surface area contributed by atoms with Crippen LogP contribution in [0.25, 0.3) is 11.5 Å². The van der Waals surface area contributed by atoms with Gasteiger partial charge >= 0.3 is 0 Å². The van der Waals surface area contributed by atoms with Gasteiger partial charge in [-0.2, -0.15) is 0 Å². The second-order valence-corrected chi connectivity index (χ2v) is 4.89. The zero-order valence-electron chi connectivity index (χ0n) is 11.6. The molecule has 1 aliphatic rings. The average molecular weight is 287 g/mol. The van der Waals surface area contributed by atoms with Crippen molar-refractivity contribution in [3.8, 4) is 11.5 Å². The van der Waals surface area contributed by atoms with E-state index in [2.05, 4.69) is 20.3 Å². The highest BCUT2D eigenvalue weighted by Crippen LogP contribution is 2.13. The van der Waals surface area contributed by atoms with Crippen LogP contribution in [0.2, 0.25) is 0 Å². The lowest BCUT2D eigenvalue weighted by molar-refractivity contribution is -0.124. The Labute approximate surface area is 122 Å². The smallest absolute Gasteiger partial charge is 0.225 e. The van der Waals surface area contributed by atoms with Crippen LogP contribution in [0.15, 0.2) is 31.0 Å². The molecule has 0 unspecified atom stereocenters. The molecule has 0 saturated carbocycles. The topological polar surface area (TPSA) is 81.9 Å². The van der Waals surface area contributed by atoms with E-state index in [1.807, 2.05) is 10.8 Å². The van der Waals surface area contributed by atoms with Gasteiger partial charge in [-0.1, -0.05) is 0 Å². The second kappa shape index (κ2) is 6.45. The maximum atomic E-state index is 11.9. The van der Waals surface area contributed by atoms with E-state index < -0.39 is 0 Å². The molecule has 1 fully saturated rings. The number of carbonyl (C=O) groups is 1. The third-order valence-electron chi connectivity index (χ3n) is 3.46. The van der Waals surface area contributed by atoms with Crippen molar-refractivity contribution in [1.82, 2.24) is 24.8 Å². The molecule has 0 aromatic carbocycles. The van der Waals surface area contributed by atoms with Gasteiger partial charge in [-0.15, -0.1) is 0 Å². The Hall–Kier alpha value is -2.28. The van der Waals surface area contributed by atoms with E-state index in [-0.39, 0.29) is 11.8 Å². The normalized spacial score (nSPS) is 17.8. The van der Waals surface area contributed by atoms with Gasteiger partial charge in [0.15, 0.2) is 5.82 Å². The van der Waals surface area contributed by atoms with Crippen molar-refractivity contribution in [1.29, 1.82) is 0 Å². The standard InChI is InChI=1S/C14H17N5O2/c20-14(11-1-8-21-10-11)18-5-7-19-6-4-17-13(19)12-9-15-2-3-16-12/h2-4,6,9,11H,1,5,7-8,10H2,(H,18,20)/t11-/m0/s1. The maximum absolute atomic E-state index is 11.9. The molecule has 0 aliphatic carbocycles. The molecule has 1 atom stereocenters. The van der Waals surface area contributed by atoms with Gasteiger partial charge in [0.2, 0.25) is 5.91 Å². The largest absolute Gasteiger partial charge is 0.381 e. The lowest BCUT2D eigenvalue weighted by atomic mass is 10.1. The molecule has 110 valence electrons. The summed E-state index contributed by atoms with van der Waals surface area (Å²) in [7, 11) is 0. The number of imidazole rings is 1. The van der Waals surface area contributed by atoms with Crippen molar-refractivity contribution in [3.05, 3.63) is 31.0 Å². The summed E-state index contributed by atoms with van der Waals surface area (Å²) in [5, 5.41) is 2.94. The molecule has 3 rings (SSSR count). The van der Waals surface area contributed by atoms with Crippen molar-refractivity contribution < 1.29 is 9.53 Å². The molecule has 21 heavy (non-hydrogen) atoms. The van der Waals surface area contributed by atoms with Gasteiger partial charge in [0.25, 0.3) is 0 Å². The lowest BCUT2D eigenvalue weighted by Gasteiger charge is -2.11. The Morgan fingerprint density at radius 1 is 1.38 bits per heavy atom. The van der Waals surface area contributed by atoms with Gasteiger partial charge in [-0.25, -0.2) is 9.97 Å². The molecule has 1 N–H and O–H groups in total. The summed E-state index contributed by atoms with van der Waals surface area (Å²) in [6, 6.07) is 0. The fourth-order valence-corrected chi connectivity index (χ4v) is 2.32. The van der Waals surface area contributed by atoms with Crippen LogP contribution >= 0.6 is 0 Å².